The van der Waals surface area contributed by atoms with E-state index in [1.807, 2.05) is 54.7 Å². The van der Waals surface area contributed by atoms with Crippen molar-refractivity contribution in [2.75, 3.05) is 0 Å². The third-order valence-electron chi connectivity index (χ3n) is 10.2. The van der Waals surface area contributed by atoms with E-state index in [1.165, 1.54) is 10.1 Å². The Morgan fingerprint density at radius 2 is 1.38 bits per heavy atom. The van der Waals surface area contributed by atoms with Crippen molar-refractivity contribution in [2.24, 2.45) is 5.41 Å². The van der Waals surface area contributed by atoms with Crippen molar-refractivity contribution in [3.05, 3.63) is 188 Å². The van der Waals surface area contributed by atoms with Crippen LogP contribution in [-0.4, -0.2) is 14.1 Å². The van der Waals surface area contributed by atoms with Gasteiger partial charge >= 0.3 is 0 Å². The number of hydrogen-bond acceptors (Lipinski definition) is 2. The molecular weight excluding hydrogens is 673 g/mol. The van der Waals surface area contributed by atoms with Crippen LogP contribution in [0.4, 0.5) is 0 Å². The maximum Gasteiger partial charge on any atom is 0.268 e. The zero-order valence-electron chi connectivity index (χ0n) is 40.7. The molecule has 55 heavy (non-hydrogen) atoms. The Balaban J connectivity index is 1.14. The molecule has 1 unspecified atom stereocenters. The number of pyridine rings is 1. The quantitative estimate of drug-likeness (QED) is 0.116. The predicted octanol–water partition coefficient (Wildman–Crippen LogP) is 12.3. The highest BCUT2D eigenvalue weighted by molar-refractivity contribution is 6.09. The fourth-order valence-corrected chi connectivity index (χ4v) is 6.98. The third kappa shape index (κ3) is 6.48. The highest BCUT2D eigenvalue weighted by Gasteiger charge is 2.23. The van der Waals surface area contributed by atoms with E-state index in [4.69, 9.17) is 23.4 Å². The normalized spacial score (nSPS) is 14.8. The molecule has 3 heterocycles. The van der Waals surface area contributed by atoms with Crippen molar-refractivity contribution >= 4 is 21.8 Å². The van der Waals surface area contributed by atoms with Gasteiger partial charge in [-0.05, 0) is 87.7 Å². The standard InChI is InChI=1S/C50H42N4O/c1-35(50(2,3)4)38-27-28-51-48(31-38)54-46-24-12-11-21-44(46)45-26-25-41(33-47(45)54)55-40-20-13-19-39(32-40)52-29-30-53(34-52)49-42(36-15-7-5-8-16-36)22-14-23-43(49)37-17-9-6-10-18-37/h5-33,35H,1-4H3/i5D,6D,7D,8D,9D,10D,15D,16D,17D,18D. The number of benzene rings is 6. The summed E-state index contributed by atoms with van der Waals surface area (Å²) < 4.78 is 97.4. The average Bonchev–Trinajstić information content (AvgIpc) is 3.92. The highest BCUT2D eigenvalue weighted by atomic mass is 16.5. The minimum absolute atomic E-state index is 0.0589. The van der Waals surface area contributed by atoms with Crippen LogP contribution < -0.4 is 9.30 Å². The van der Waals surface area contributed by atoms with Crippen molar-refractivity contribution < 1.29 is 23.0 Å². The maximum atomic E-state index is 8.84. The van der Waals surface area contributed by atoms with Crippen molar-refractivity contribution in [1.29, 1.82) is 0 Å². The SMILES string of the molecule is [2H]c1c([2H])c([2H])c(-c2cccc(-c3c([2H])c([2H])c([2H])c([2H])c3[2H])c2-[n+]2[c-]n(-c3cccc(Oc4ccc5c6ccccc6n(-c6cc(C(C)C(C)(C)C)ccn6)c5c4)c3)cc2)c([2H])c1[2H]. The molecule has 5 heteroatoms. The van der Waals surface area contributed by atoms with Gasteiger partial charge in [0.25, 0.3) is 6.33 Å². The van der Waals surface area contributed by atoms with Gasteiger partial charge in [0.1, 0.15) is 17.3 Å². The first-order valence-corrected chi connectivity index (χ1v) is 18.0. The molecule has 0 aliphatic rings. The lowest BCUT2D eigenvalue weighted by Gasteiger charge is -2.27. The molecule has 0 aliphatic carbocycles. The second-order valence-corrected chi connectivity index (χ2v) is 14.5. The largest absolute Gasteiger partial charge is 0.458 e. The number of imidazole rings is 1. The molecule has 0 spiro atoms. The maximum absolute atomic E-state index is 8.84. The molecule has 5 nitrogen and oxygen atoms in total. The first-order chi connectivity index (χ1) is 31.0. The summed E-state index contributed by atoms with van der Waals surface area (Å²) in [5.74, 6) is 2.22. The Bertz CT molecular complexity index is 3240. The van der Waals surface area contributed by atoms with E-state index in [1.54, 1.807) is 35.2 Å². The molecule has 268 valence electrons. The van der Waals surface area contributed by atoms with E-state index in [2.05, 4.69) is 68.9 Å². The van der Waals surface area contributed by atoms with Crippen LogP contribution in [0, 0.1) is 11.7 Å². The van der Waals surface area contributed by atoms with E-state index >= 15 is 0 Å². The van der Waals surface area contributed by atoms with Gasteiger partial charge in [-0.15, -0.1) is 0 Å². The van der Waals surface area contributed by atoms with Crippen LogP contribution in [0.15, 0.2) is 176 Å². The Morgan fingerprint density at radius 3 is 2.11 bits per heavy atom. The molecule has 0 aliphatic heterocycles. The van der Waals surface area contributed by atoms with Crippen LogP contribution in [0.25, 0.3) is 61.3 Å². The average molecular weight is 725 g/mol. The monoisotopic (exact) mass is 724 g/mol. The molecular formula is C50H42N4O. The molecule has 0 saturated heterocycles. The molecule has 1 atom stereocenters. The zero-order valence-corrected chi connectivity index (χ0v) is 30.7. The summed E-state index contributed by atoms with van der Waals surface area (Å²) in [7, 11) is 0. The fourth-order valence-electron chi connectivity index (χ4n) is 6.98. The van der Waals surface area contributed by atoms with Crippen LogP contribution >= 0.6 is 0 Å². The Labute approximate surface area is 336 Å². The van der Waals surface area contributed by atoms with E-state index in [-0.39, 0.29) is 39.3 Å². The van der Waals surface area contributed by atoms with Gasteiger partial charge in [0, 0.05) is 35.4 Å². The van der Waals surface area contributed by atoms with Gasteiger partial charge in [-0.1, -0.05) is 131 Å². The number of aromatic nitrogens is 4. The van der Waals surface area contributed by atoms with Gasteiger partial charge in [-0.25, -0.2) is 4.98 Å². The number of hydrogen-bond donors (Lipinski definition) is 0. The molecule has 0 saturated carbocycles. The zero-order chi connectivity index (χ0) is 46.2. The van der Waals surface area contributed by atoms with Gasteiger partial charge in [-0.2, -0.15) is 0 Å². The van der Waals surface area contributed by atoms with Gasteiger partial charge in [0.05, 0.1) is 36.1 Å². The first kappa shape index (κ1) is 24.6. The second-order valence-electron chi connectivity index (χ2n) is 14.5. The topological polar surface area (TPSA) is 35.9 Å². The van der Waals surface area contributed by atoms with Gasteiger partial charge in [0.2, 0.25) is 0 Å². The summed E-state index contributed by atoms with van der Waals surface area (Å²) in [5.41, 5.74) is 4.12. The summed E-state index contributed by atoms with van der Waals surface area (Å²) in [6, 6.07) is 25.4. The van der Waals surface area contributed by atoms with Crippen molar-refractivity contribution in [2.45, 2.75) is 33.6 Å². The molecule has 0 N–H and O–H groups in total. The van der Waals surface area contributed by atoms with Crippen LogP contribution in [0.2, 0.25) is 0 Å². The van der Waals surface area contributed by atoms with E-state index in [9.17, 15) is 0 Å². The smallest absolute Gasteiger partial charge is 0.268 e. The van der Waals surface area contributed by atoms with Crippen molar-refractivity contribution in [3.63, 3.8) is 0 Å². The summed E-state index contributed by atoms with van der Waals surface area (Å²) in [6.07, 6.45) is 8.47. The number of rotatable bonds is 8. The first-order valence-electron chi connectivity index (χ1n) is 23.0. The van der Waals surface area contributed by atoms with Crippen molar-refractivity contribution in [1.82, 2.24) is 14.1 Å². The lowest BCUT2D eigenvalue weighted by Crippen LogP contribution is -2.30. The summed E-state index contributed by atoms with van der Waals surface area (Å²) in [6.45, 7) is 8.95. The summed E-state index contributed by atoms with van der Waals surface area (Å²) in [4.78, 5) is 4.84. The van der Waals surface area contributed by atoms with Crippen LogP contribution in [0.1, 0.15) is 52.9 Å². The second kappa shape index (κ2) is 13.9. The predicted molar refractivity (Wildman–Crippen MR) is 224 cm³/mol. The molecule has 9 rings (SSSR count). The van der Waals surface area contributed by atoms with Gasteiger partial charge in [0.15, 0.2) is 0 Å². The minimum atomic E-state index is -0.560. The van der Waals surface area contributed by atoms with Crippen LogP contribution in [0.5, 0.6) is 11.5 Å². The van der Waals surface area contributed by atoms with Gasteiger partial charge in [-0.3, -0.25) is 13.7 Å². The Hall–Kier alpha value is -6.72. The molecule has 0 radical (unpaired) electrons. The molecule has 0 bridgehead atoms. The van der Waals surface area contributed by atoms with E-state index in [0.29, 0.717) is 17.2 Å². The van der Waals surface area contributed by atoms with Gasteiger partial charge < -0.3 is 4.74 Å². The Kier molecular flexibility index (Phi) is 6.22. The summed E-state index contributed by atoms with van der Waals surface area (Å²) in [5, 5.41) is 2.14. The third-order valence-corrected chi connectivity index (χ3v) is 10.2. The summed E-state index contributed by atoms with van der Waals surface area (Å²) >= 11 is 0. The lowest BCUT2D eigenvalue weighted by atomic mass is 9.78. The number of ether oxygens (including phenoxy) is 1. The number of fused-ring (bicyclic) bond motifs is 3. The van der Waals surface area contributed by atoms with Crippen LogP contribution in [-0.2, 0) is 0 Å². The molecule has 0 fully saturated rings. The van der Waals surface area contributed by atoms with E-state index < -0.39 is 60.4 Å². The molecule has 9 aromatic rings. The minimum Gasteiger partial charge on any atom is -0.458 e. The number of nitrogens with zero attached hydrogens (tertiary/aromatic N) is 4. The number of para-hydroxylation sites is 2. The van der Waals surface area contributed by atoms with Crippen LogP contribution in [0.3, 0.4) is 0 Å². The Morgan fingerprint density at radius 1 is 0.709 bits per heavy atom. The lowest BCUT2D eigenvalue weighted by molar-refractivity contribution is -0.598. The molecule has 0 amide bonds. The fraction of sp³-hybridized carbons (Fsp3) is 0.120. The molecule has 3 aromatic heterocycles. The van der Waals surface area contributed by atoms with Crippen molar-refractivity contribution in [3.8, 4) is 50.9 Å². The van der Waals surface area contributed by atoms with E-state index in [0.717, 1.165) is 27.6 Å². The highest BCUT2D eigenvalue weighted by Crippen LogP contribution is 2.38. The molecule has 6 aromatic carbocycles.